The molecule has 4 rings (SSSR count). The summed E-state index contributed by atoms with van der Waals surface area (Å²) in [5, 5.41) is 3.27. The summed E-state index contributed by atoms with van der Waals surface area (Å²) in [4.78, 5) is 29.5. The van der Waals surface area contributed by atoms with E-state index in [2.05, 4.69) is 5.32 Å². The molecule has 0 saturated carbocycles. The topological polar surface area (TPSA) is 105 Å². The van der Waals surface area contributed by atoms with Crippen LogP contribution in [-0.2, 0) is 32.6 Å². The van der Waals surface area contributed by atoms with Crippen molar-refractivity contribution in [3.8, 4) is 11.5 Å². The first-order chi connectivity index (χ1) is 22.1. The highest BCUT2D eigenvalue weighted by Gasteiger charge is 2.35. The summed E-state index contributed by atoms with van der Waals surface area (Å²) in [5.74, 6) is -0.336. The number of methoxy groups -OCH3 is 2. The highest BCUT2D eigenvalue weighted by molar-refractivity contribution is 7.92. The van der Waals surface area contributed by atoms with Gasteiger partial charge in [0.2, 0.25) is 11.8 Å². The molecule has 0 bridgehead atoms. The van der Waals surface area contributed by atoms with Crippen LogP contribution in [0.3, 0.4) is 0 Å². The van der Waals surface area contributed by atoms with Gasteiger partial charge in [-0.3, -0.25) is 13.9 Å². The van der Waals surface area contributed by atoms with Gasteiger partial charge in [-0.05, 0) is 61.4 Å². The van der Waals surface area contributed by atoms with E-state index in [1.807, 2.05) is 68.4 Å². The molecule has 0 spiro atoms. The second kappa shape index (κ2) is 15.6. The van der Waals surface area contributed by atoms with Crippen molar-refractivity contribution in [2.24, 2.45) is 0 Å². The average molecular weight is 664 g/mol. The molecular formula is C35H38ClN3O6S. The number of rotatable bonds is 14. The first kappa shape index (κ1) is 34.3. The summed E-state index contributed by atoms with van der Waals surface area (Å²) in [6.45, 7) is 3.61. The maximum absolute atomic E-state index is 14.5. The Balaban J connectivity index is 1.82. The minimum atomic E-state index is -4.34. The summed E-state index contributed by atoms with van der Waals surface area (Å²) >= 11 is 6.14. The smallest absolute Gasteiger partial charge is 0.264 e. The number of halogens is 1. The molecule has 1 N–H and O–H groups in total. The van der Waals surface area contributed by atoms with Crippen molar-refractivity contribution in [3.63, 3.8) is 0 Å². The molecule has 0 aliphatic rings. The third kappa shape index (κ3) is 8.38. The summed E-state index contributed by atoms with van der Waals surface area (Å²) in [6, 6.07) is 26.5. The van der Waals surface area contributed by atoms with E-state index in [4.69, 9.17) is 21.1 Å². The van der Waals surface area contributed by atoms with Gasteiger partial charge in [0.05, 0.1) is 24.8 Å². The van der Waals surface area contributed by atoms with Crippen LogP contribution in [0.4, 0.5) is 5.69 Å². The van der Waals surface area contributed by atoms with Gasteiger partial charge < -0.3 is 19.7 Å². The lowest BCUT2D eigenvalue weighted by atomic mass is 10.0. The number of hydrogen-bond acceptors (Lipinski definition) is 6. The maximum Gasteiger partial charge on any atom is 0.264 e. The van der Waals surface area contributed by atoms with Crippen LogP contribution in [0.2, 0.25) is 5.02 Å². The molecule has 0 aliphatic carbocycles. The Hall–Kier alpha value is -4.54. The van der Waals surface area contributed by atoms with Gasteiger partial charge in [-0.2, -0.15) is 0 Å². The van der Waals surface area contributed by atoms with Crippen molar-refractivity contribution in [3.05, 3.63) is 119 Å². The van der Waals surface area contributed by atoms with Crippen molar-refractivity contribution >= 4 is 39.1 Å². The number of aryl methyl sites for hydroxylation is 1. The number of hydrogen-bond donors (Lipinski definition) is 1. The molecule has 9 nitrogen and oxygen atoms in total. The Morgan fingerprint density at radius 2 is 1.52 bits per heavy atom. The predicted molar refractivity (Wildman–Crippen MR) is 180 cm³/mol. The molecule has 0 aliphatic heterocycles. The Morgan fingerprint density at radius 1 is 0.848 bits per heavy atom. The molecule has 1 atom stereocenters. The van der Waals surface area contributed by atoms with Crippen LogP contribution < -0.4 is 19.1 Å². The van der Waals surface area contributed by atoms with E-state index in [9.17, 15) is 18.0 Å². The van der Waals surface area contributed by atoms with Gasteiger partial charge in [-0.25, -0.2) is 8.42 Å². The zero-order valence-electron chi connectivity index (χ0n) is 26.3. The summed E-state index contributed by atoms with van der Waals surface area (Å²) in [7, 11) is -1.48. The van der Waals surface area contributed by atoms with Gasteiger partial charge in [0.1, 0.15) is 12.6 Å². The number of amides is 2. The third-order valence-corrected chi connectivity index (χ3v) is 9.42. The Labute approximate surface area is 275 Å². The number of carbonyl (C=O) groups excluding carboxylic acids is 2. The average Bonchev–Trinajstić information content (AvgIpc) is 3.05. The second-order valence-electron chi connectivity index (χ2n) is 10.6. The van der Waals surface area contributed by atoms with Gasteiger partial charge in [0, 0.05) is 30.6 Å². The van der Waals surface area contributed by atoms with Crippen molar-refractivity contribution in [1.29, 1.82) is 0 Å². The molecule has 0 unspecified atom stereocenters. The van der Waals surface area contributed by atoms with E-state index in [0.29, 0.717) is 17.3 Å². The van der Waals surface area contributed by atoms with Crippen LogP contribution in [0, 0.1) is 6.92 Å². The predicted octanol–water partition coefficient (Wildman–Crippen LogP) is 5.64. The number of benzene rings is 4. The van der Waals surface area contributed by atoms with Crippen LogP contribution in [0.1, 0.15) is 23.6 Å². The quantitative estimate of drug-likeness (QED) is 0.187. The zero-order valence-corrected chi connectivity index (χ0v) is 27.8. The van der Waals surface area contributed by atoms with E-state index in [1.54, 1.807) is 12.1 Å². The standard InChI is InChI=1S/C35H38ClN3O6S/c1-5-37-35(41)31(21-26-11-7-6-8-12-26)38(23-27-13-9-10-25(2)20-27)34(40)24-39(29-16-14-28(36)15-17-29)46(42,43)30-18-19-32(44-3)33(22-30)45-4/h6-20,22,31H,5,21,23-24H2,1-4H3,(H,37,41)/t31-/m1/s1. The highest BCUT2D eigenvalue weighted by atomic mass is 35.5. The van der Waals surface area contributed by atoms with Gasteiger partial charge in [0.15, 0.2) is 11.5 Å². The van der Waals surface area contributed by atoms with Crippen molar-refractivity contribution < 1.29 is 27.5 Å². The Morgan fingerprint density at radius 3 is 2.15 bits per heavy atom. The molecule has 4 aromatic rings. The molecule has 0 fully saturated rings. The summed E-state index contributed by atoms with van der Waals surface area (Å²) < 4.78 is 40.3. The van der Waals surface area contributed by atoms with E-state index >= 15 is 0 Å². The monoisotopic (exact) mass is 663 g/mol. The summed E-state index contributed by atoms with van der Waals surface area (Å²) in [5.41, 5.74) is 2.87. The van der Waals surface area contributed by atoms with Gasteiger partial charge in [-0.15, -0.1) is 0 Å². The van der Waals surface area contributed by atoms with Crippen molar-refractivity contribution in [2.75, 3.05) is 31.6 Å². The van der Waals surface area contributed by atoms with Crippen LogP contribution in [0.25, 0.3) is 0 Å². The normalized spacial score (nSPS) is 11.8. The molecular weight excluding hydrogens is 626 g/mol. The van der Waals surface area contributed by atoms with Crippen LogP contribution in [-0.4, -0.2) is 58.5 Å². The largest absolute Gasteiger partial charge is 0.493 e. The maximum atomic E-state index is 14.5. The van der Waals surface area contributed by atoms with E-state index in [1.165, 1.54) is 49.5 Å². The van der Waals surface area contributed by atoms with Gasteiger partial charge >= 0.3 is 0 Å². The first-order valence-corrected chi connectivity index (χ1v) is 16.6. The number of ether oxygens (including phenoxy) is 2. The van der Waals surface area contributed by atoms with Gasteiger partial charge in [0.25, 0.3) is 10.0 Å². The van der Waals surface area contributed by atoms with E-state index in [0.717, 1.165) is 21.0 Å². The van der Waals surface area contributed by atoms with Crippen LogP contribution in [0.5, 0.6) is 11.5 Å². The number of likely N-dealkylation sites (N-methyl/N-ethyl adjacent to an activating group) is 1. The Bertz CT molecular complexity index is 1750. The molecule has 0 heterocycles. The highest BCUT2D eigenvalue weighted by Crippen LogP contribution is 2.33. The van der Waals surface area contributed by atoms with Crippen LogP contribution >= 0.6 is 11.6 Å². The zero-order chi connectivity index (χ0) is 33.3. The van der Waals surface area contributed by atoms with Crippen molar-refractivity contribution in [2.45, 2.75) is 37.8 Å². The van der Waals surface area contributed by atoms with E-state index < -0.39 is 28.5 Å². The number of nitrogens with zero attached hydrogens (tertiary/aromatic N) is 2. The van der Waals surface area contributed by atoms with Crippen molar-refractivity contribution in [1.82, 2.24) is 10.2 Å². The van der Waals surface area contributed by atoms with E-state index in [-0.39, 0.29) is 35.2 Å². The molecule has 46 heavy (non-hydrogen) atoms. The SMILES string of the molecule is CCNC(=O)[C@@H](Cc1ccccc1)N(Cc1cccc(C)c1)C(=O)CN(c1ccc(Cl)cc1)S(=O)(=O)c1ccc(OC)c(OC)c1. The fraction of sp³-hybridized carbons (Fsp3) is 0.257. The number of nitrogens with one attached hydrogen (secondary N) is 1. The lowest BCUT2D eigenvalue weighted by Crippen LogP contribution is -2.53. The number of sulfonamides is 1. The second-order valence-corrected chi connectivity index (χ2v) is 12.9. The minimum absolute atomic E-state index is 0.0833. The first-order valence-electron chi connectivity index (χ1n) is 14.7. The Kier molecular flexibility index (Phi) is 11.7. The van der Waals surface area contributed by atoms with Crippen LogP contribution in [0.15, 0.2) is 102 Å². The van der Waals surface area contributed by atoms with Gasteiger partial charge in [-0.1, -0.05) is 71.8 Å². The number of anilines is 1. The third-order valence-electron chi connectivity index (χ3n) is 7.39. The fourth-order valence-electron chi connectivity index (χ4n) is 5.09. The molecule has 11 heteroatoms. The molecule has 0 saturated heterocycles. The molecule has 0 radical (unpaired) electrons. The molecule has 2 amide bonds. The summed E-state index contributed by atoms with van der Waals surface area (Å²) in [6.07, 6.45) is 0.230. The number of carbonyl (C=O) groups is 2. The fourth-order valence-corrected chi connectivity index (χ4v) is 6.65. The lowest BCUT2D eigenvalue weighted by Gasteiger charge is -2.34. The molecule has 242 valence electrons. The lowest BCUT2D eigenvalue weighted by molar-refractivity contribution is -0.140. The minimum Gasteiger partial charge on any atom is -0.493 e. The molecule has 0 aromatic heterocycles. The molecule has 4 aromatic carbocycles.